The second-order valence-electron chi connectivity index (χ2n) is 5.60. The van der Waals surface area contributed by atoms with Gasteiger partial charge in [0.25, 0.3) is 0 Å². The lowest BCUT2D eigenvalue weighted by atomic mass is 9.77. The van der Waals surface area contributed by atoms with E-state index < -0.39 is 0 Å². The highest BCUT2D eigenvalue weighted by atomic mass is 16.5. The molecule has 0 amide bonds. The molecule has 1 saturated carbocycles. The predicted octanol–water partition coefficient (Wildman–Crippen LogP) is 2.97. The molecule has 0 aromatic heterocycles. The van der Waals surface area contributed by atoms with Gasteiger partial charge in [0.2, 0.25) is 0 Å². The van der Waals surface area contributed by atoms with Gasteiger partial charge in [-0.05, 0) is 38.1 Å². The summed E-state index contributed by atoms with van der Waals surface area (Å²) in [5.74, 6) is 0.653. The van der Waals surface area contributed by atoms with Crippen molar-refractivity contribution in [3.63, 3.8) is 0 Å². The Morgan fingerprint density at radius 1 is 1.20 bits per heavy atom. The zero-order valence-electron chi connectivity index (χ0n) is 10.8. The highest BCUT2D eigenvalue weighted by molar-refractivity contribution is 4.90. The molecule has 0 heterocycles. The van der Waals surface area contributed by atoms with Crippen LogP contribution >= 0.6 is 0 Å². The molecule has 1 aliphatic carbocycles. The Balaban J connectivity index is 2.21. The van der Waals surface area contributed by atoms with Gasteiger partial charge in [-0.15, -0.1) is 0 Å². The Labute approximate surface area is 94.8 Å². The molecule has 1 N–H and O–H groups in total. The maximum Gasteiger partial charge on any atom is 0.0694 e. The summed E-state index contributed by atoms with van der Waals surface area (Å²) >= 11 is 0. The van der Waals surface area contributed by atoms with Crippen LogP contribution in [0.15, 0.2) is 0 Å². The molecule has 0 bridgehead atoms. The van der Waals surface area contributed by atoms with E-state index in [1.54, 1.807) is 0 Å². The van der Waals surface area contributed by atoms with Crippen LogP contribution in [0.5, 0.6) is 0 Å². The van der Waals surface area contributed by atoms with Crippen molar-refractivity contribution in [2.24, 2.45) is 5.92 Å². The minimum atomic E-state index is 0.228. The number of rotatable bonds is 7. The first-order chi connectivity index (χ1) is 7.04. The van der Waals surface area contributed by atoms with Crippen molar-refractivity contribution in [2.45, 2.75) is 65.0 Å². The van der Waals surface area contributed by atoms with Crippen molar-refractivity contribution < 1.29 is 4.74 Å². The fraction of sp³-hybridized carbons (Fsp3) is 1.00. The lowest BCUT2D eigenvalue weighted by Gasteiger charge is -2.42. The summed E-state index contributed by atoms with van der Waals surface area (Å²) in [6.07, 6.45) is 5.05. The van der Waals surface area contributed by atoms with Gasteiger partial charge in [-0.2, -0.15) is 0 Å². The molecule has 0 aromatic carbocycles. The Kier molecular flexibility index (Phi) is 5.07. The number of hydrogen-bond acceptors (Lipinski definition) is 2. The van der Waals surface area contributed by atoms with E-state index in [1.165, 1.54) is 25.7 Å². The Morgan fingerprint density at radius 2 is 1.87 bits per heavy atom. The number of ether oxygens (including phenoxy) is 1. The molecule has 2 heteroatoms. The first-order valence-electron chi connectivity index (χ1n) is 6.41. The van der Waals surface area contributed by atoms with Crippen LogP contribution in [0, 0.1) is 5.92 Å². The maximum absolute atomic E-state index is 6.07. The molecule has 1 aliphatic rings. The highest BCUT2D eigenvalue weighted by Crippen LogP contribution is 2.38. The quantitative estimate of drug-likeness (QED) is 0.702. The van der Waals surface area contributed by atoms with E-state index >= 15 is 0 Å². The average molecular weight is 213 g/mol. The lowest BCUT2D eigenvalue weighted by molar-refractivity contribution is -0.112. The van der Waals surface area contributed by atoms with Crippen molar-refractivity contribution in [1.29, 1.82) is 0 Å². The van der Waals surface area contributed by atoms with Gasteiger partial charge in [-0.1, -0.05) is 27.7 Å². The molecular formula is C13H27NO. The van der Waals surface area contributed by atoms with E-state index in [2.05, 4.69) is 33.0 Å². The topological polar surface area (TPSA) is 21.3 Å². The normalized spacial score (nSPS) is 19.6. The molecular weight excluding hydrogens is 186 g/mol. The summed E-state index contributed by atoms with van der Waals surface area (Å²) in [4.78, 5) is 0. The van der Waals surface area contributed by atoms with Crippen molar-refractivity contribution in [3.05, 3.63) is 0 Å². The minimum absolute atomic E-state index is 0.228. The Morgan fingerprint density at radius 3 is 2.27 bits per heavy atom. The van der Waals surface area contributed by atoms with Crippen molar-refractivity contribution in [3.8, 4) is 0 Å². The largest absolute Gasteiger partial charge is 0.375 e. The van der Waals surface area contributed by atoms with Crippen molar-refractivity contribution in [2.75, 3.05) is 13.2 Å². The molecule has 0 unspecified atom stereocenters. The fourth-order valence-corrected chi connectivity index (χ4v) is 1.97. The van der Waals surface area contributed by atoms with E-state index in [0.29, 0.717) is 12.0 Å². The molecule has 90 valence electrons. The zero-order valence-corrected chi connectivity index (χ0v) is 10.8. The standard InChI is InChI=1S/C13H27NO/c1-11(2)10-15-13(6-5-7-13)8-9-14-12(3)4/h11-12,14H,5-10H2,1-4H3. The SMILES string of the molecule is CC(C)COC1(CCNC(C)C)CCC1. The summed E-state index contributed by atoms with van der Waals surface area (Å²) in [5, 5.41) is 3.48. The fourth-order valence-electron chi connectivity index (χ4n) is 1.97. The first kappa shape index (κ1) is 13.0. The van der Waals surface area contributed by atoms with Crippen LogP contribution in [-0.4, -0.2) is 24.8 Å². The third kappa shape index (κ3) is 4.52. The van der Waals surface area contributed by atoms with Crippen LogP contribution in [0.2, 0.25) is 0 Å². The summed E-state index contributed by atoms with van der Waals surface area (Å²) in [5.41, 5.74) is 0.228. The summed E-state index contributed by atoms with van der Waals surface area (Å²) in [6.45, 7) is 10.8. The van der Waals surface area contributed by atoms with Gasteiger partial charge in [-0.3, -0.25) is 0 Å². The van der Waals surface area contributed by atoms with Gasteiger partial charge in [0.15, 0.2) is 0 Å². The first-order valence-corrected chi connectivity index (χ1v) is 6.41. The third-order valence-electron chi connectivity index (χ3n) is 3.12. The molecule has 0 radical (unpaired) electrons. The minimum Gasteiger partial charge on any atom is -0.375 e. The molecule has 0 aromatic rings. The molecule has 0 aliphatic heterocycles. The molecule has 1 rings (SSSR count). The van der Waals surface area contributed by atoms with Crippen molar-refractivity contribution in [1.82, 2.24) is 5.32 Å². The highest BCUT2D eigenvalue weighted by Gasteiger charge is 2.37. The van der Waals surface area contributed by atoms with Gasteiger partial charge in [0.05, 0.1) is 5.60 Å². The summed E-state index contributed by atoms with van der Waals surface area (Å²) in [6, 6.07) is 0.590. The van der Waals surface area contributed by atoms with Crippen LogP contribution in [0.4, 0.5) is 0 Å². The van der Waals surface area contributed by atoms with Crippen LogP contribution in [0.1, 0.15) is 53.4 Å². The third-order valence-corrected chi connectivity index (χ3v) is 3.12. The molecule has 0 spiro atoms. The van der Waals surface area contributed by atoms with Crippen molar-refractivity contribution >= 4 is 0 Å². The molecule has 1 fully saturated rings. The molecule has 2 nitrogen and oxygen atoms in total. The van der Waals surface area contributed by atoms with Crippen LogP contribution in [-0.2, 0) is 4.74 Å². The predicted molar refractivity (Wildman–Crippen MR) is 65.1 cm³/mol. The molecule has 0 atom stereocenters. The molecule has 15 heavy (non-hydrogen) atoms. The van der Waals surface area contributed by atoms with Gasteiger partial charge in [0, 0.05) is 12.6 Å². The van der Waals surface area contributed by atoms with Gasteiger partial charge < -0.3 is 10.1 Å². The van der Waals surface area contributed by atoms with E-state index in [0.717, 1.165) is 13.2 Å². The van der Waals surface area contributed by atoms with Crippen LogP contribution in [0.3, 0.4) is 0 Å². The zero-order chi connectivity index (χ0) is 11.3. The van der Waals surface area contributed by atoms with E-state index in [1.807, 2.05) is 0 Å². The van der Waals surface area contributed by atoms with E-state index in [-0.39, 0.29) is 5.60 Å². The summed E-state index contributed by atoms with van der Waals surface area (Å²) in [7, 11) is 0. The van der Waals surface area contributed by atoms with E-state index in [9.17, 15) is 0 Å². The van der Waals surface area contributed by atoms with Gasteiger partial charge in [0.1, 0.15) is 0 Å². The smallest absolute Gasteiger partial charge is 0.0694 e. The summed E-state index contributed by atoms with van der Waals surface area (Å²) < 4.78 is 6.07. The van der Waals surface area contributed by atoms with Crippen LogP contribution in [0.25, 0.3) is 0 Å². The van der Waals surface area contributed by atoms with Gasteiger partial charge >= 0.3 is 0 Å². The second kappa shape index (κ2) is 5.86. The number of nitrogens with one attached hydrogen (secondary N) is 1. The Hall–Kier alpha value is -0.0800. The van der Waals surface area contributed by atoms with E-state index in [4.69, 9.17) is 4.74 Å². The second-order valence-corrected chi connectivity index (χ2v) is 5.60. The van der Waals surface area contributed by atoms with Crippen LogP contribution < -0.4 is 5.32 Å². The monoisotopic (exact) mass is 213 g/mol. The Bertz CT molecular complexity index is 173. The lowest BCUT2D eigenvalue weighted by Crippen LogP contribution is -2.44. The average Bonchev–Trinajstić information content (AvgIpc) is 2.07. The molecule has 0 saturated heterocycles. The van der Waals surface area contributed by atoms with Gasteiger partial charge in [-0.25, -0.2) is 0 Å². The maximum atomic E-state index is 6.07. The number of hydrogen-bond donors (Lipinski definition) is 1.